The molecule has 13 heteroatoms. The van der Waals surface area contributed by atoms with Crippen LogP contribution >= 0.6 is 11.6 Å². The van der Waals surface area contributed by atoms with Crippen LogP contribution in [0.15, 0.2) is 60.7 Å². The van der Waals surface area contributed by atoms with Gasteiger partial charge in [0.2, 0.25) is 21.8 Å². The number of carbonyl (C=O) groups excluding carboxylic acids is 4. The number of rotatable bonds is 7. The Morgan fingerprint density at radius 1 is 0.980 bits per heavy atom. The smallest absolute Gasteiger partial charge is 0.408 e. The van der Waals surface area contributed by atoms with Gasteiger partial charge in [0.25, 0.3) is 5.91 Å². The van der Waals surface area contributed by atoms with Crippen LogP contribution in [-0.2, 0) is 35.6 Å². The highest BCUT2D eigenvalue weighted by Gasteiger charge is 2.61. The van der Waals surface area contributed by atoms with Gasteiger partial charge in [-0.3, -0.25) is 19.1 Å². The molecule has 1 aliphatic heterocycles. The Bertz CT molecular complexity index is 1720. The minimum absolute atomic E-state index is 0.0454. The maximum absolute atomic E-state index is 14.2. The lowest BCUT2D eigenvalue weighted by Gasteiger charge is -2.27. The molecular formula is C36H45ClN4O7S. The molecule has 0 radical (unpaired) electrons. The fourth-order valence-electron chi connectivity index (χ4n) is 6.00. The van der Waals surface area contributed by atoms with Crippen molar-refractivity contribution in [2.75, 3.05) is 0 Å². The lowest BCUT2D eigenvalue weighted by Crippen LogP contribution is -2.59. The van der Waals surface area contributed by atoms with E-state index in [1.165, 1.54) is 0 Å². The van der Waals surface area contributed by atoms with E-state index in [-0.39, 0.29) is 12.8 Å². The lowest BCUT2D eigenvalue weighted by molar-refractivity contribution is -0.133. The largest absolute Gasteiger partial charge is 0.444 e. The van der Waals surface area contributed by atoms with Gasteiger partial charge in [0.15, 0.2) is 0 Å². The van der Waals surface area contributed by atoms with Crippen molar-refractivity contribution in [3.8, 4) is 11.1 Å². The van der Waals surface area contributed by atoms with Gasteiger partial charge in [-0.15, -0.1) is 0 Å². The van der Waals surface area contributed by atoms with E-state index in [4.69, 9.17) is 16.3 Å². The van der Waals surface area contributed by atoms with Crippen molar-refractivity contribution in [3.63, 3.8) is 0 Å². The Morgan fingerprint density at radius 3 is 2.39 bits per heavy atom. The first kappa shape index (κ1) is 36.4. The van der Waals surface area contributed by atoms with Crippen LogP contribution in [0.25, 0.3) is 11.1 Å². The lowest BCUT2D eigenvalue weighted by atomic mass is 9.98. The third kappa shape index (κ3) is 9.85. The van der Waals surface area contributed by atoms with Gasteiger partial charge in [0.1, 0.15) is 23.2 Å². The van der Waals surface area contributed by atoms with Crippen LogP contribution in [0.2, 0.25) is 5.02 Å². The molecule has 2 aliphatic carbocycles. The normalized spacial score (nSPS) is 25.7. The zero-order valence-corrected chi connectivity index (χ0v) is 29.7. The summed E-state index contributed by atoms with van der Waals surface area (Å²) in [6.45, 7) is 5.17. The molecule has 0 unspecified atom stereocenters. The molecule has 49 heavy (non-hydrogen) atoms. The quantitative estimate of drug-likeness (QED) is 0.296. The van der Waals surface area contributed by atoms with Crippen LogP contribution in [-0.4, -0.2) is 60.7 Å². The van der Waals surface area contributed by atoms with Crippen molar-refractivity contribution in [2.45, 2.75) is 107 Å². The van der Waals surface area contributed by atoms with E-state index >= 15 is 0 Å². The van der Waals surface area contributed by atoms with Gasteiger partial charge in [-0.1, -0.05) is 73.0 Å². The zero-order chi connectivity index (χ0) is 35.4. The maximum atomic E-state index is 14.2. The van der Waals surface area contributed by atoms with E-state index in [0.717, 1.165) is 29.5 Å². The van der Waals surface area contributed by atoms with E-state index in [1.54, 1.807) is 26.8 Å². The Balaban J connectivity index is 1.45. The summed E-state index contributed by atoms with van der Waals surface area (Å²) in [6, 6.07) is 12.6. The molecule has 4 N–H and O–H groups in total. The molecule has 5 rings (SSSR count). The average Bonchev–Trinajstić information content (AvgIpc) is 3.95. The molecule has 2 saturated carbocycles. The van der Waals surface area contributed by atoms with Gasteiger partial charge in [-0.25, -0.2) is 13.2 Å². The Kier molecular flexibility index (Phi) is 11.1. The summed E-state index contributed by atoms with van der Waals surface area (Å²) in [4.78, 5) is 54.4. The topological polar surface area (TPSA) is 160 Å². The van der Waals surface area contributed by atoms with Gasteiger partial charge in [0.05, 0.1) is 5.25 Å². The maximum Gasteiger partial charge on any atom is 0.408 e. The Morgan fingerprint density at radius 2 is 1.69 bits per heavy atom. The van der Waals surface area contributed by atoms with Gasteiger partial charge in [-0.05, 0) is 88.1 Å². The first-order valence-electron chi connectivity index (χ1n) is 16.8. The van der Waals surface area contributed by atoms with Crippen molar-refractivity contribution in [1.82, 2.24) is 20.7 Å². The van der Waals surface area contributed by atoms with Crippen molar-refractivity contribution in [3.05, 3.63) is 71.3 Å². The van der Waals surface area contributed by atoms with Crippen molar-refractivity contribution >= 4 is 45.4 Å². The second kappa shape index (κ2) is 14.9. The molecule has 0 bridgehead atoms. The van der Waals surface area contributed by atoms with Crippen LogP contribution in [0.1, 0.15) is 77.7 Å². The summed E-state index contributed by atoms with van der Waals surface area (Å²) in [7, 11) is -3.87. The number of hydrogen-bond acceptors (Lipinski definition) is 7. The van der Waals surface area contributed by atoms with Gasteiger partial charge in [0, 0.05) is 17.4 Å². The number of fused-ring (bicyclic) bond motifs is 1. The SMILES string of the molecule is CC(C)(C)OC(=O)N[C@H]1CCCCC/C=C\[C@@H]2C[C@@]2(C(=O)NS(=O)(=O)C2CC2)NC(=O)[C@H](Cc2cccc(-c3cccc(Cl)c3)c2)NC1=O. The second-order valence-corrected chi connectivity index (χ2v) is 16.6. The highest BCUT2D eigenvalue weighted by molar-refractivity contribution is 7.91. The van der Waals surface area contributed by atoms with Crippen LogP contribution in [0.3, 0.4) is 0 Å². The summed E-state index contributed by atoms with van der Waals surface area (Å²) in [5.41, 5.74) is 0.157. The molecule has 264 valence electrons. The van der Waals surface area contributed by atoms with Crippen LogP contribution in [0, 0.1) is 5.92 Å². The van der Waals surface area contributed by atoms with E-state index in [0.29, 0.717) is 37.1 Å². The second-order valence-electron chi connectivity index (χ2n) is 14.2. The van der Waals surface area contributed by atoms with Crippen LogP contribution in [0.5, 0.6) is 0 Å². The number of carbonyl (C=O) groups is 4. The monoisotopic (exact) mass is 712 g/mol. The third-order valence-electron chi connectivity index (χ3n) is 8.86. The standard InChI is InChI=1S/C36H45ClN4O7S/c1-35(2,3)48-34(45)39-29-16-8-6-4-5-7-14-26-22-36(26,33(44)41-49(46,47)28-17-18-28)40-32(43)30(38-31(29)42)20-23-11-9-12-24(19-23)25-13-10-15-27(37)21-25/h7,9-15,19,21,26,28-30H,4-6,8,16-18,20,22H2,1-3H3,(H,38,42)(H,39,45)(H,40,43)(H,41,44)/b14-7-/t26-,29+,30+,36-/m1/s1. The molecule has 0 aromatic heterocycles. The number of ether oxygens (including phenoxy) is 1. The molecule has 4 amide bonds. The van der Waals surface area contributed by atoms with E-state index in [1.807, 2.05) is 54.6 Å². The minimum atomic E-state index is -3.87. The van der Waals surface area contributed by atoms with Crippen LogP contribution in [0.4, 0.5) is 4.79 Å². The van der Waals surface area contributed by atoms with E-state index < -0.39 is 68.2 Å². The van der Waals surface area contributed by atoms with E-state index in [2.05, 4.69) is 20.7 Å². The number of hydrogen-bond donors (Lipinski definition) is 4. The number of halogens is 1. The summed E-state index contributed by atoms with van der Waals surface area (Å²) >= 11 is 6.23. The number of sulfonamides is 1. The third-order valence-corrected chi connectivity index (χ3v) is 10.9. The molecule has 3 aliphatic rings. The predicted octanol–water partition coefficient (Wildman–Crippen LogP) is 4.93. The van der Waals surface area contributed by atoms with Crippen molar-refractivity contribution < 1.29 is 32.3 Å². The van der Waals surface area contributed by atoms with Crippen LogP contribution < -0.4 is 20.7 Å². The summed E-state index contributed by atoms with van der Waals surface area (Å²) in [5, 5.41) is 8.30. The first-order valence-corrected chi connectivity index (χ1v) is 18.8. The fourth-order valence-corrected chi connectivity index (χ4v) is 7.55. The van der Waals surface area contributed by atoms with Gasteiger partial charge >= 0.3 is 6.09 Å². The molecule has 2 aromatic rings. The molecule has 1 heterocycles. The molecular weight excluding hydrogens is 668 g/mol. The molecule has 4 atom stereocenters. The summed E-state index contributed by atoms with van der Waals surface area (Å²) < 4.78 is 33.1. The van der Waals surface area contributed by atoms with Gasteiger partial charge < -0.3 is 20.7 Å². The molecule has 2 fully saturated rings. The van der Waals surface area contributed by atoms with Crippen molar-refractivity contribution in [1.29, 1.82) is 0 Å². The molecule has 0 spiro atoms. The highest BCUT2D eigenvalue weighted by Crippen LogP contribution is 2.46. The Hall–Kier alpha value is -3.90. The zero-order valence-electron chi connectivity index (χ0n) is 28.1. The number of benzene rings is 2. The number of nitrogens with one attached hydrogen (secondary N) is 4. The van der Waals surface area contributed by atoms with Gasteiger partial charge in [-0.2, -0.15) is 0 Å². The predicted molar refractivity (Wildman–Crippen MR) is 187 cm³/mol. The highest BCUT2D eigenvalue weighted by atomic mass is 35.5. The molecule has 2 aromatic carbocycles. The molecule has 11 nitrogen and oxygen atoms in total. The number of allylic oxidation sites excluding steroid dienone is 1. The fraction of sp³-hybridized carbons (Fsp3) is 0.500. The number of alkyl carbamates (subject to hydrolysis) is 1. The molecule has 0 saturated heterocycles. The summed E-state index contributed by atoms with van der Waals surface area (Å²) in [6.07, 6.45) is 7.50. The summed E-state index contributed by atoms with van der Waals surface area (Å²) in [5.74, 6) is -2.43. The minimum Gasteiger partial charge on any atom is -0.444 e. The first-order chi connectivity index (χ1) is 23.1. The van der Waals surface area contributed by atoms with Crippen molar-refractivity contribution in [2.24, 2.45) is 5.92 Å². The van der Waals surface area contributed by atoms with E-state index in [9.17, 15) is 27.6 Å². The average molecular weight is 713 g/mol. The number of amides is 4. The Labute approximate surface area is 293 Å².